The number of rotatable bonds is 7. The lowest BCUT2D eigenvalue weighted by molar-refractivity contribution is -0.142. The van der Waals surface area contributed by atoms with Gasteiger partial charge in [-0.3, -0.25) is 9.59 Å². The van der Waals surface area contributed by atoms with Gasteiger partial charge < -0.3 is 19.3 Å². The molecule has 1 aliphatic rings. The van der Waals surface area contributed by atoms with E-state index in [1.807, 2.05) is 6.92 Å². The number of esters is 1. The molecule has 174 valence electrons. The molecule has 4 rings (SSSR count). The fourth-order valence-corrected chi connectivity index (χ4v) is 4.00. The van der Waals surface area contributed by atoms with Gasteiger partial charge in [-0.15, -0.1) is 0 Å². The molecular formula is C22H25ClN6O4. The summed E-state index contributed by atoms with van der Waals surface area (Å²) in [7, 11) is 0. The molecule has 0 N–H and O–H groups in total. The van der Waals surface area contributed by atoms with Gasteiger partial charge in [0.2, 0.25) is 0 Å². The molecule has 1 aromatic carbocycles. The number of carbonyl (C=O) groups excluding carboxylic acids is 2. The first-order valence-electron chi connectivity index (χ1n) is 10.7. The molecule has 0 bridgehead atoms. The van der Waals surface area contributed by atoms with Crippen molar-refractivity contribution in [3.8, 4) is 5.75 Å². The molecule has 0 aliphatic carbocycles. The number of piperazine rings is 1. The van der Waals surface area contributed by atoms with Gasteiger partial charge in [-0.25, -0.2) is 4.98 Å². The summed E-state index contributed by atoms with van der Waals surface area (Å²) in [5, 5.41) is 4.87. The van der Waals surface area contributed by atoms with Gasteiger partial charge in [-0.05, 0) is 32.0 Å². The Morgan fingerprint density at radius 2 is 1.97 bits per heavy atom. The van der Waals surface area contributed by atoms with Crippen molar-refractivity contribution in [1.82, 2.24) is 24.5 Å². The van der Waals surface area contributed by atoms with Crippen LogP contribution in [0.1, 0.15) is 18.2 Å². The topological polar surface area (TPSA) is 102 Å². The van der Waals surface area contributed by atoms with E-state index < -0.39 is 0 Å². The van der Waals surface area contributed by atoms with Crippen LogP contribution < -0.4 is 9.64 Å². The Labute approximate surface area is 196 Å². The second-order valence-corrected chi connectivity index (χ2v) is 8.00. The Bertz CT molecular complexity index is 1160. The molecule has 11 heteroatoms. The van der Waals surface area contributed by atoms with Crippen molar-refractivity contribution in [2.24, 2.45) is 0 Å². The standard InChI is InChI=1S/C22H25ClN6O4/c1-3-32-20(31)12-18-15(2)26-22-24-14-25-29(22)21(18)28-9-7-27(8-10-28)19(30)13-33-17-6-4-5-16(23)11-17/h4-6,11,14H,3,7-10,12-13H2,1-2H3. The van der Waals surface area contributed by atoms with Gasteiger partial charge in [-0.1, -0.05) is 17.7 Å². The first-order valence-corrected chi connectivity index (χ1v) is 11.1. The second-order valence-electron chi connectivity index (χ2n) is 7.57. The molecule has 2 aromatic heterocycles. The highest BCUT2D eigenvalue weighted by Gasteiger charge is 2.27. The lowest BCUT2D eigenvalue weighted by Crippen LogP contribution is -2.50. The first kappa shape index (κ1) is 22.8. The number of hydrogen-bond acceptors (Lipinski definition) is 8. The van der Waals surface area contributed by atoms with E-state index in [4.69, 9.17) is 21.1 Å². The number of benzene rings is 1. The maximum Gasteiger partial charge on any atom is 0.310 e. The molecular weight excluding hydrogens is 448 g/mol. The normalized spacial score (nSPS) is 13.9. The van der Waals surface area contributed by atoms with Crippen molar-refractivity contribution in [2.45, 2.75) is 20.3 Å². The van der Waals surface area contributed by atoms with Crippen LogP contribution >= 0.6 is 11.6 Å². The number of carbonyl (C=O) groups is 2. The number of anilines is 1. The molecule has 1 fully saturated rings. The van der Waals surface area contributed by atoms with Gasteiger partial charge in [0.15, 0.2) is 6.61 Å². The van der Waals surface area contributed by atoms with Gasteiger partial charge in [0.05, 0.1) is 13.0 Å². The SMILES string of the molecule is CCOC(=O)Cc1c(C)nc2ncnn2c1N1CCN(C(=O)COc2cccc(Cl)c2)CC1. The molecule has 3 heterocycles. The molecule has 1 saturated heterocycles. The third kappa shape index (κ3) is 5.16. The molecule has 0 atom stereocenters. The minimum atomic E-state index is -0.324. The third-order valence-corrected chi connectivity index (χ3v) is 5.66. The Hall–Kier alpha value is -3.40. The van der Waals surface area contributed by atoms with Crippen LogP contribution in [0.15, 0.2) is 30.6 Å². The molecule has 0 unspecified atom stereocenters. The van der Waals surface area contributed by atoms with Gasteiger partial charge in [0.25, 0.3) is 11.7 Å². The van der Waals surface area contributed by atoms with Crippen molar-refractivity contribution in [3.63, 3.8) is 0 Å². The largest absolute Gasteiger partial charge is 0.484 e. The van der Waals surface area contributed by atoms with Gasteiger partial charge >= 0.3 is 5.97 Å². The van der Waals surface area contributed by atoms with E-state index in [9.17, 15) is 9.59 Å². The van der Waals surface area contributed by atoms with Crippen LogP contribution in [0.25, 0.3) is 5.78 Å². The Morgan fingerprint density at radius 1 is 1.18 bits per heavy atom. The van der Waals surface area contributed by atoms with Gasteiger partial charge in [0.1, 0.15) is 17.9 Å². The fourth-order valence-electron chi connectivity index (χ4n) is 3.82. The maximum atomic E-state index is 12.7. The summed E-state index contributed by atoms with van der Waals surface area (Å²) in [6.45, 7) is 6.02. The highest BCUT2D eigenvalue weighted by molar-refractivity contribution is 6.30. The summed E-state index contributed by atoms with van der Waals surface area (Å²) in [6, 6.07) is 6.96. The summed E-state index contributed by atoms with van der Waals surface area (Å²) in [6.07, 6.45) is 1.52. The summed E-state index contributed by atoms with van der Waals surface area (Å²) >= 11 is 5.96. The molecule has 10 nitrogen and oxygen atoms in total. The lowest BCUT2D eigenvalue weighted by atomic mass is 10.1. The maximum absolute atomic E-state index is 12.7. The van der Waals surface area contributed by atoms with Crippen LogP contribution in [0, 0.1) is 6.92 Å². The molecule has 3 aromatic rings. The minimum Gasteiger partial charge on any atom is -0.484 e. The Morgan fingerprint density at radius 3 is 2.70 bits per heavy atom. The molecule has 1 aliphatic heterocycles. The molecule has 1 amide bonds. The van der Waals surface area contributed by atoms with Crippen molar-refractivity contribution in [2.75, 3.05) is 44.3 Å². The van der Waals surface area contributed by atoms with Gasteiger partial charge in [-0.2, -0.15) is 14.6 Å². The number of amides is 1. The summed E-state index contributed by atoms with van der Waals surface area (Å²) in [4.78, 5) is 37.4. The van der Waals surface area contributed by atoms with E-state index in [2.05, 4.69) is 20.0 Å². The number of aryl methyl sites for hydroxylation is 1. The van der Waals surface area contributed by atoms with E-state index >= 15 is 0 Å². The smallest absolute Gasteiger partial charge is 0.310 e. The predicted octanol–water partition coefficient (Wildman–Crippen LogP) is 1.92. The van der Waals surface area contributed by atoms with Crippen molar-refractivity contribution in [3.05, 3.63) is 46.9 Å². The quantitative estimate of drug-likeness (QED) is 0.480. The van der Waals surface area contributed by atoms with Crippen molar-refractivity contribution < 1.29 is 19.1 Å². The van der Waals surface area contributed by atoms with Crippen molar-refractivity contribution >= 4 is 35.1 Å². The molecule has 0 spiro atoms. The van der Waals surface area contributed by atoms with Crippen LogP contribution in [0.3, 0.4) is 0 Å². The number of fused-ring (bicyclic) bond motifs is 1. The zero-order valence-corrected chi connectivity index (χ0v) is 19.3. The van der Waals surface area contributed by atoms with Crippen molar-refractivity contribution in [1.29, 1.82) is 0 Å². The summed E-state index contributed by atoms with van der Waals surface area (Å²) in [5.74, 6) is 1.35. The number of nitrogens with zero attached hydrogens (tertiary/aromatic N) is 6. The van der Waals surface area contributed by atoms with Crippen LogP contribution in [0.5, 0.6) is 5.75 Å². The monoisotopic (exact) mass is 472 g/mol. The highest BCUT2D eigenvalue weighted by atomic mass is 35.5. The number of aromatic nitrogens is 4. The Balaban J connectivity index is 1.46. The van der Waals surface area contributed by atoms with Crippen LogP contribution in [0.2, 0.25) is 5.02 Å². The average Bonchev–Trinajstić information content (AvgIpc) is 3.26. The van der Waals surface area contributed by atoms with E-state index in [0.717, 1.165) is 11.4 Å². The first-order chi connectivity index (χ1) is 16.0. The molecule has 0 radical (unpaired) electrons. The zero-order chi connectivity index (χ0) is 23.4. The summed E-state index contributed by atoms with van der Waals surface area (Å²) < 4.78 is 12.4. The van der Waals surface area contributed by atoms with E-state index in [1.165, 1.54) is 6.33 Å². The fraction of sp³-hybridized carbons (Fsp3) is 0.409. The van der Waals surface area contributed by atoms with E-state index in [-0.39, 0.29) is 24.9 Å². The highest BCUT2D eigenvalue weighted by Crippen LogP contribution is 2.26. The average molecular weight is 473 g/mol. The van der Waals surface area contributed by atoms with Gasteiger partial charge in [0, 0.05) is 42.5 Å². The number of halogens is 1. The summed E-state index contributed by atoms with van der Waals surface area (Å²) in [5.41, 5.74) is 1.45. The minimum absolute atomic E-state index is 0.0594. The zero-order valence-electron chi connectivity index (χ0n) is 18.5. The third-order valence-electron chi connectivity index (χ3n) is 5.42. The molecule has 33 heavy (non-hydrogen) atoms. The Kier molecular flexibility index (Phi) is 6.93. The molecule has 0 saturated carbocycles. The second kappa shape index (κ2) is 10.0. The van der Waals surface area contributed by atoms with Crippen LogP contribution in [-0.2, 0) is 20.7 Å². The van der Waals surface area contributed by atoms with Crippen LogP contribution in [-0.4, -0.2) is 75.8 Å². The number of hydrogen-bond donors (Lipinski definition) is 0. The van der Waals surface area contributed by atoms with E-state index in [1.54, 1.807) is 40.6 Å². The van der Waals surface area contributed by atoms with E-state index in [0.29, 0.717) is 55.0 Å². The predicted molar refractivity (Wildman–Crippen MR) is 122 cm³/mol. The van der Waals surface area contributed by atoms with Crippen LogP contribution in [0.4, 0.5) is 5.82 Å². The number of ether oxygens (including phenoxy) is 2. The lowest BCUT2D eigenvalue weighted by Gasteiger charge is -2.36.